The van der Waals surface area contributed by atoms with E-state index in [1.165, 1.54) is 45.4 Å². The van der Waals surface area contributed by atoms with Crippen molar-refractivity contribution in [2.75, 3.05) is 7.11 Å². The fourth-order valence-electron chi connectivity index (χ4n) is 4.62. The van der Waals surface area contributed by atoms with Gasteiger partial charge in [0.1, 0.15) is 5.58 Å². The van der Waals surface area contributed by atoms with E-state index in [1.54, 1.807) is 6.07 Å². The zero-order valence-corrected chi connectivity index (χ0v) is 17.5. The van der Waals surface area contributed by atoms with Crippen LogP contribution in [-0.4, -0.2) is 29.9 Å². The molecule has 2 N–H and O–H groups in total. The molecule has 0 unspecified atom stereocenters. The summed E-state index contributed by atoms with van der Waals surface area (Å²) in [6.07, 6.45) is -4.45. The molecule has 0 saturated heterocycles. The molecule has 0 fully saturated rings. The van der Waals surface area contributed by atoms with Crippen LogP contribution in [0.4, 0.5) is 17.6 Å². The highest BCUT2D eigenvalue weighted by molar-refractivity contribution is 5.98. The number of rotatable bonds is 3. The molecule has 3 aromatic rings. The fraction of sp³-hybridized carbons (Fsp3) is 0.348. The number of ether oxygens (including phenoxy) is 1. The minimum atomic E-state index is -5.07. The van der Waals surface area contributed by atoms with Gasteiger partial charge in [-0.2, -0.15) is 13.2 Å². The van der Waals surface area contributed by atoms with Crippen molar-refractivity contribution in [3.05, 3.63) is 65.2 Å². The Morgan fingerprint density at radius 2 is 1.94 bits per heavy atom. The zero-order chi connectivity index (χ0) is 23.5. The van der Waals surface area contributed by atoms with Gasteiger partial charge in [-0.25, -0.2) is 4.39 Å². The molecule has 1 aliphatic carbocycles. The highest BCUT2D eigenvalue weighted by Gasteiger charge is 2.64. The minimum absolute atomic E-state index is 0.0583. The molecule has 2 aromatic carbocycles. The van der Waals surface area contributed by atoms with Crippen LogP contribution in [0.15, 0.2) is 47.1 Å². The van der Waals surface area contributed by atoms with Gasteiger partial charge in [0, 0.05) is 16.5 Å². The topological polar surface area (TPSA) is 71.7 Å². The smallest absolute Gasteiger partial charge is 0.419 e. The van der Waals surface area contributed by atoms with Gasteiger partial charge < -0.3 is 19.6 Å². The fourth-order valence-corrected chi connectivity index (χ4v) is 4.62. The van der Waals surface area contributed by atoms with Gasteiger partial charge in [0.05, 0.1) is 19.4 Å². The van der Waals surface area contributed by atoms with Crippen molar-refractivity contribution in [2.24, 2.45) is 0 Å². The van der Waals surface area contributed by atoms with Crippen LogP contribution in [0, 0.1) is 5.82 Å². The summed E-state index contributed by atoms with van der Waals surface area (Å²) >= 11 is 0. The number of aliphatic hydroxyl groups is 1. The molecule has 1 aliphatic rings. The molecular formula is C23H21F4NO4. The van der Waals surface area contributed by atoms with E-state index in [0.717, 1.165) is 12.1 Å². The van der Waals surface area contributed by atoms with Crippen LogP contribution in [0.5, 0.6) is 5.75 Å². The summed E-state index contributed by atoms with van der Waals surface area (Å²) in [6.45, 7) is 2.94. The first kappa shape index (κ1) is 22.1. The second-order valence-corrected chi connectivity index (χ2v) is 8.61. The van der Waals surface area contributed by atoms with E-state index in [0.29, 0.717) is 11.0 Å². The lowest BCUT2D eigenvalue weighted by atomic mass is 9.63. The van der Waals surface area contributed by atoms with Crippen LogP contribution in [0.25, 0.3) is 11.0 Å². The summed E-state index contributed by atoms with van der Waals surface area (Å²) in [5, 5.41) is 13.9. The van der Waals surface area contributed by atoms with Gasteiger partial charge in [-0.15, -0.1) is 0 Å². The Morgan fingerprint density at radius 1 is 1.22 bits per heavy atom. The van der Waals surface area contributed by atoms with Crippen LogP contribution in [-0.2, 0) is 5.41 Å². The van der Waals surface area contributed by atoms with Crippen LogP contribution < -0.4 is 10.1 Å². The number of carbonyl (C=O) groups excluding carboxylic acids is 1. The number of amides is 1. The number of nitrogens with one attached hydrogen (secondary N) is 1. The predicted octanol–water partition coefficient (Wildman–Crippen LogP) is 5.03. The molecule has 0 bridgehead atoms. The summed E-state index contributed by atoms with van der Waals surface area (Å²) < 4.78 is 67.3. The van der Waals surface area contributed by atoms with E-state index in [1.807, 2.05) is 0 Å². The molecule has 0 spiro atoms. The van der Waals surface area contributed by atoms with Gasteiger partial charge >= 0.3 is 6.18 Å². The highest BCUT2D eigenvalue weighted by atomic mass is 19.4. The number of fused-ring (bicyclic) bond motifs is 2. The van der Waals surface area contributed by atoms with Crippen molar-refractivity contribution in [1.82, 2.24) is 5.32 Å². The monoisotopic (exact) mass is 451 g/mol. The Balaban J connectivity index is 1.86. The van der Waals surface area contributed by atoms with Gasteiger partial charge in [0.2, 0.25) is 0 Å². The first-order chi connectivity index (χ1) is 14.9. The summed E-state index contributed by atoms with van der Waals surface area (Å²) in [4.78, 5) is 13.0. The van der Waals surface area contributed by atoms with Crippen molar-refractivity contribution in [1.29, 1.82) is 0 Å². The molecular weight excluding hydrogens is 430 g/mol. The maximum absolute atomic E-state index is 14.4. The van der Waals surface area contributed by atoms with Gasteiger partial charge in [-0.05, 0) is 47.7 Å². The number of carbonyl (C=O) groups is 1. The second-order valence-electron chi connectivity index (χ2n) is 8.61. The van der Waals surface area contributed by atoms with Crippen LogP contribution in [0.1, 0.15) is 47.8 Å². The summed E-state index contributed by atoms with van der Waals surface area (Å²) in [6, 6.07) is 6.25. The van der Waals surface area contributed by atoms with Gasteiger partial charge in [0.15, 0.2) is 17.2 Å². The number of halogens is 4. The number of benzene rings is 2. The van der Waals surface area contributed by atoms with E-state index in [-0.39, 0.29) is 22.4 Å². The molecule has 0 aliphatic heterocycles. The van der Waals surface area contributed by atoms with E-state index in [9.17, 15) is 27.5 Å². The molecule has 0 radical (unpaired) electrons. The van der Waals surface area contributed by atoms with Crippen molar-refractivity contribution in [2.45, 2.75) is 43.5 Å². The first-order valence-electron chi connectivity index (χ1n) is 9.83. The average Bonchev–Trinajstić information content (AvgIpc) is 3.17. The van der Waals surface area contributed by atoms with Gasteiger partial charge in [-0.1, -0.05) is 19.9 Å². The number of furan rings is 1. The maximum atomic E-state index is 14.4. The molecule has 1 aromatic heterocycles. The normalized spacial score (nSPS) is 22.4. The molecule has 1 heterocycles. The van der Waals surface area contributed by atoms with E-state index in [2.05, 4.69) is 5.32 Å². The lowest BCUT2D eigenvalue weighted by Crippen LogP contribution is -2.60. The first-order valence-corrected chi connectivity index (χ1v) is 9.83. The molecule has 5 nitrogen and oxygen atoms in total. The number of methoxy groups -OCH3 is 1. The number of hydrogen-bond donors (Lipinski definition) is 2. The summed E-state index contributed by atoms with van der Waals surface area (Å²) in [5.74, 6) is -1.78. The standard InChI is InChI=1S/C23H21F4NO4/c1-21(2)11-22(30,23(25,26)27)19(14-5-6-15(24)18(31-3)17(14)21)28-20(29)13-4-7-16-12(10-13)8-9-32-16/h4-10,19,30H,11H2,1-3H3,(H,28,29)/t19-,22+/m1/s1. The Hall–Kier alpha value is -3.07. The lowest BCUT2D eigenvalue weighted by molar-refractivity contribution is -0.280. The molecule has 1 amide bonds. The minimum Gasteiger partial charge on any atom is -0.493 e. The van der Waals surface area contributed by atoms with E-state index in [4.69, 9.17) is 9.15 Å². The van der Waals surface area contributed by atoms with E-state index >= 15 is 0 Å². The Labute approximate surface area is 181 Å². The van der Waals surface area contributed by atoms with Gasteiger partial charge in [-0.3, -0.25) is 4.79 Å². The molecule has 170 valence electrons. The van der Waals surface area contributed by atoms with Gasteiger partial charge in [0.25, 0.3) is 5.91 Å². The SMILES string of the molecule is COc1c(F)ccc2c1C(C)(C)C[C@@](O)(C(F)(F)F)[C@@H]2NC(=O)c1ccc2occc2c1. The Kier molecular flexibility index (Phi) is 5.00. The van der Waals surface area contributed by atoms with Crippen molar-refractivity contribution >= 4 is 16.9 Å². The van der Waals surface area contributed by atoms with Crippen molar-refractivity contribution in [3.8, 4) is 5.75 Å². The second kappa shape index (κ2) is 7.23. The lowest BCUT2D eigenvalue weighted by Gasteiger charge is -2.49. The third-order valence-electron chi connectivity index (χ3n) is 6.00. The number of hydrogen-bond acceptors (Lipinski definition) is 4. The van der Waals surface area contributed by atoms with Crippen molar-refractivity contribution < 1.29 is 36.6 Å². The van der Waals surface area contributed by atoms with E-state index < -0.39 is 41.4 Å². The van der Waals surface area contributed by atoms with Crippen LogP contribution in [0.3, 0.4) is 0 Å². The molecule has 2 atom stereocenters. The zero-order valence-electron chi connectivity index (χ0n) is 17.5. The summed E-state index contributed by atoms with van der Waals surface area (Å²) in [5.41, 5.74) is -3.88. The molecule has 4 rings (SSSR count). The third kappa shape index (κ3) is 3.31. The number of alkyl halides is 3. The largest absolute Gasteiger partial charge is 0.493 e. The highest BCUT2D eigenvalue weighted by Crippen LogP contribution is 2.55. The summed E-state index contributed by atoms with van der Waals surface area (Å²) in [7, 11) is 1.22. The molecule has 0 saturated carbocycles. The molecule has 9 heteroatoms. The average molecular weight is 451 g/mol. The predicted molar refractivity (Wildman–Crippen MR) is 108 cm³/mol. The van der Waals surface area contributed by atoms with Crippen molar-refractivity contribution in [3.63, 3.8) is 0 Å². The molecule has 32 heavy (non-hydrogen) atoms. The Bertz CT molecular complexity index is 1200. The van der Waals surface area contributed by atoms with Crippen LogP contribution >= 0.6 is 0 Å². The quantitative estimate of drug-likeness (QED) is 0.549. The van der Waals surface area contributed by atoms with Crippen LogP contribution in [0.2, 0.25) is 0 Å². The Morgan fingerprint density at radius 3 is 2.59 bits per heavy atom. The maximum Gasteiger partial charge on any atom is 0.419 e. The third-order valence-corrected chi connectivity index (χ3v) is 6.00.